The van der Waals surface area contributed by atoms with E-state index in [1.807, 2.05) is 13.8 Å². The van der Waals surface area contributed by atoms with Crippen molar-refractivity contribution in [2.24, 2.45) is 0 Å². The van der Waals surface area contributed by atoms with Crippen molar-refractivity contribution in [3.05, 3.63) is 29.8 Å². The van der Waals surface area contributed by atoms with Crippen LogP contribution in [0.15, 0.2) is 29.2 Å². The summed E-state index contributed by atoms with van der Waals surface area (Å²) in [6.45, 7) is 4.91. The first kappa shape index (κ1) is 15.4. The van der Waals surface area contributed by atoms with Gasteiger partial charge in [0, 0.05) is 18.0 Å². The fourth-order valence-electron chi connectivity index (χ4n) is 1.61. The van der Waals surface area contributed by atoms with Crippen LogP contribution in [0.4, 0.5) is 0 Å². The van der Waals surface area contributed by atoms with Crippen LogP contribution in [0.5, 0.6) is 0 Å². The number of carbonyl (C=O) groups excluding carboxylic acids is 1. The van der Waals surface area contributed by atoms with Gasteiger partial charge in [-0.2, -0.15) is 0 Å². The number of rotatable bonds is 6. The molecule has 0 saturated carbocycles. The van der Waals surface area contributed by atoms with Gasteiger partial charge in [-0.3, -0.25) is 9.00 Å². The third-order valence-electron chi connectivity index (χ3n) is 2.73. The van der Waals surface area contributed by atoms with Crippen molar-refractivity contribution in [3.63, 3.8) is 0 Å². The van der Waals surface area contributed by atoms with E-state index in [0.717, 1.165) is 0 Å². The van der Waals surface area contributed by atoms with Gasteiger partial charge in [0.15, 0.2) is 0 Å². The van der Waals surface area contributed by atoms with E-state index in [4.69, 9.17) is 5.11 Å². The minimum atomic E-state index is -1.44. The first-order valence-electron chi connectivity index (χ1n) is 5.99. The smallest absolute Gasteiger partial charge is 0.335 e. The van der Waals surface area contributed by atoms with Crippen LogP contribution in [-0.4, -0.2) is 44.9 Å². The van der Waals surface area contributed by atoms with Crippen molar-refractivity contribution >= 4 is 22.7 Å². The summed E-state index contributed by atoms with van der Waals surface area (Å²) in [6.07, 6.45) is 0. The summed E-state index contributed by atoms with van der Waals surface area (Å²) in [5.74, 6) is -1.27. The standard InChI is InChI=1S/C13H17NO4S/c1-3-14(4-2)12(15)9-19(18)11-7-5-10(6-8-11)13(16)17/h5-8H,3-4,9H2,1-2H3,(H,16,17). The number of hydrogen-bond acceptors (Lipinski definition) is 3. The van der Waals surface area contributed by atoms with Crippen molar-refractivity contribution in [1.29, 1.82) is 0 Å². The molecule has 1 atom stereocenters. The van der Waals surface area contributed by atoms with Crippen LogP contribution in [0.3, 0.4) is 0 Å². The Morgan fingerprint density at radius 1 is 1.16 bits per heavy atom. The zero-order chi connectivity index (χ0) is 14.4. The highest BCUT2D eigenvalue weighted by molar-refractivity contribution is 7.85. The molecule has 0 aliphatic heterocycles. The Labute approximate surface area is 114 Å². The highest BCUT2D eigenvalue weighted by Crippen LogP contribution is 2.10. The summed E-state index contributed by atoms with van der Waals surface area (Å²) in [5.41, 5.74) is 0.135. The van der Waals surface area contributed by atoms with Gasteiger partial charge in [0.2, 0.25) is 5.91 Å². The fourth-order valence-corrected chi connectivity index (χ4v) is 2.63. The van der Waals surface area contributed by atoms with Crippen molar-refractivity contribution in [3.8, 4) is 0 Å². The number of carbonyl (C=O) groups is 2. The SMILES string of the molecule is CCN(CC)C(=O)CS(=O)c1ccc(C(=O)O)cc1. The van der Waals surface area contributed by atoms with Crippen LogP contribution < -0.4 is 0 Å². The van der Waals surface area contributed by atoms with Crippen molar-refractivity contribution in [2.75, 3.05) is 18.8 Å². The Hall–Kier alpha value is -1.69. The van der Waals surface area contributed by atoms with Gasteiger partial charge in [0.1, 0.15) is 5.75 Å². The van der Waals surface area contributed by atoms with E-state index in [0.29, 0.717) is 18.0 Å². The van der Waals surface area contributed by atoms with E-state index < -0.39 is 16.8 Å². The molecule has 0 bridgehead atoms. The molecule has 1 unspecified atom stereocenters. The Kier molecular flexibility index (Phi) is 5.69. The maximum atomic E-state index is 12.0. The Morgan fingerprint density at radius 3 is 2.11 bits per heavy atom. The molecule has 0 aliphatic rings. The Morgan fingerprint density at radius 2 is 1.68 bits per heavy atom. The second-order valence-electron chi connectivity index (χ2n) is 3.89. The molecule has 0 saturated heterocycles. The van der Waals surface area contributed by atoms with Gasteiger partial charge < -0.3 is 10.0 Å². The molecular formula is C13H17NO4S. The molecule has 1 aromatic rings. The molecule has 0 heterocycles. The van der Waals surface area contributed by atoms with Crippen LogP contribution in [0, 0.1) is 0 Å². The predicted molar refractivity (Wildman–Crippen MR) is 72.6 cm³/mol. The van der Waals surface area contributed by atoms with Crippen molar-refractivity contribution in [1.82, 2.24) is 4.90 Å². The van der Waals surface area contributed by atoms with Gasteiger partial charge in [0.25, 0.3) is 0 Å². The lowest BCUT2D eigenvalue weighted by molar-refractivity contribution is -0.128. The lowest BCUT2D eigenvalue weighted by atomic mass is 10.2. The first-order chi connectivity index (χ1) is 8.99. The highest BCUT2D eigenvalue weighted by atomic mass is 32.2. The summed E-state index contributed by atoms with van der Waals surface area (Å²) in [4.78, 5) is 24.6. The number of hydrogen-bond donors (Lipinski definition) is 1. The lowest BCUT2D eigenvalue weighted by Gasteiger charge is -2.18. The third kappa shape index (κ3) is 4.17. The highest BCUT2D eigenvalue weighted by Gasteiger charge is 2.15. The number of benzene rings is 1. The van der Waals surface area contributed by atoms with E-state index in [2.05, 4.69) is 0 Å². The molecule has 1 amide bonds. The van der Waals surface area contributed by atoms with Crippen LogP contribution in [0.25, 0.3) is 0 Å². The quantitative estimate of drug-likeness (QED) is 0.855. The van der Waals surface area contributed by atoms with Crippen molar-refractivity contribution < 1.29 is 18.9 Å². The lowest BCUT2D eigenvalue weighted by Crippen LogP contribution is -2.34. The zero-order valence-electron chi connectivity index (χ0n) is 11.0. The third-order valence-corrected chi connectivity index (χ3v) is 4.04. The average Bonchev–Trinajstić information content (AvgIpc) is 2.40. The molecule has 1 N–H and O–H groups in total. The minimum absolute atomic E-state index is 0.0753. The van der Waals surface area contributed by atoms with Crippen LogP contribution in [-0.2, 0) is 15.6 Å². The molecule has 1 rings (SSSR count). The average molecular weight is 283 g/mol. The monoisotopic (exact) mass is 283 g/mol. The molecule has 0 aliphatic carbocycles. The number of amides is 1. The normalized spacial score (nSPS) is 11.9. The molecule has 0 radical (unpaired) electrons. The van der Waals surface area contributed by atoms with Crippen LogP contribution in [0.2, 0.25) is 0 Å². The molecule has 5 nitrogen and oxygen atoms in total. The molecule has 6 heteroatoms. The second-order valence-corrected chi connectivity index (χ2v) is 5.34. The maximum Gasteiger partial charge on any atom is 0.335 e. The molecule has 0 spiro atoms. The Balaban J connectivity index is 2.73. The zero-order valence-corrected chi connectivity index (χ0v) is 11.8. The summed E-state index contributed by atoms with van der Waals surface area (Å²) in [5, 5.41) is 8.76. The van der Waals surface area contributed by atoms with E-state index in [1.54, 1.807) is 4.90 Å². The van der Waals surface area contributed by atoms with Gasteiger partial charge >= 0.3 is 5.97 Å². The molecular weight excluding hydrogens is 266 g/mol. The minimum Gasteiger partial charge on any atom is -0.478 e. The van der Waals surface area contributed by atoms with Crippen LogP contribution in [0.1, 0.15) is 24.2 Å². The second kappa shape index (κ2) is 7.04. The van der Waals surface area contributed by atoms with E-state index in [1.165, 1.54) is 24.3 Å². The van der Waals surface area contributed by atoms with Crippen LogP contribution >= 0.6 is 0 Å². The molecule has 0 fully saturated rings. The predicted octanol–water partition coefficient (Wildman–Crippen LogP) is 1.36. The maximum absolute atomic E-state index is 12.0. The van der Waals surface area contributed by atoms with Gasteiger partial charge in [-0.05, 0) is 38.1 Å². The van der Waals surface area contributed by atoms with Gasteiger partial charge in [0.05, 0.1) is 16.4 Å². The number of aromatic carboxylic acids is 1. The number of nitrogens with zero attached hydrogens (tertiary/aromatic N) is 1. The first-order valence-corrected chi connectivity index (χ1v) is 7.31. The fraction of sp³-hybridized carbons (Fsp3) is 0.385. The Bertz CT molecular complexity index is 480. The van der Waals surface area contributed by atoms with Gasteiger partial charge in [-0.1, -0.05) is 0 Å². The summed E-state index contributed by atoms with van der Waals surface area (Å²) in [7, 11) is -1.44. The molecule has 1 aromatic carbocycles. The summed E-state index contributed by atoms with van der Waals surface area (Å²) < 4.78 is 12.0. The number of carboxylic acid groups (broad SMARTS) is 1. The largest absolute Gasteiger partial charge is 0.478 e. The van der Waals surface area contributed by atoms with E-state index in [9.17, 15) is 13.8 Å². The molecule has 104 valence electrons. The number of carboxylic acids is 1. The van der Waals surface area contributed by atoms with Gasteiger partial charge in [-0.25, -0.2) is 4.79 Å². The van der Waals surface area contributed by atoms with Crippen molar-refractivity contribution in [2.45, 2.75) is 18.7 Å². The molecule has 19 heavy (non-hydrogen) atoms. The summed E-state index contributed by atoms with van der Waals surface area (Å²) in [6, 6.07) is 5.74. The molecule has 0 aromatic heterocycles. The van der Waals surface area contributed by atoms with E-state index in [-0.39, 0.29) is 17.2 Å². The van der Waals surface area contributed by atoms with Gasteiger partial charge in [-0.15, -0.1) is 0 Å². The topological polar surface area (TPSA) is 74.7 Å². The van der Waals surface area contributed by atoms with E-state index >= 15 is 0 Å². The summed E-state index contributed by atoms with van der Waals surface area (Å²) >= 11 is 0.